The van der Waals surface area contributed by atoms with Crippen molar-refractivity contribution in [2.45, 2.75) is 6.92 Å². The summed E-state index contributed by atoms with van der Waals surface area (Å²) in [6, 6.07) is 2.02. The second-order valence-corrected chi connectivity index (χ2v) is 5.30. The van der Waals surface area contributed by atoms with Gasteiger partial charge in [0.1, 0.15) is 10.3 Å². The molecule has 3 heterocycles. The van der Waals surface area contributed by atoms with Crippen LogP contribution in [-0.4, -0.2) is 20.2 Å². The molecule has 0 aromatic carbocycles. The van der Waals surface area contributed by atoms with Crippen molar-refractivity contribution < 1.29 is 4.42 Å². The van der Waals surface area contributed by atoms with Gasteiger partial charge in [0.2, 0.25) is 0 Å². The highest BCUT2D eigenvalue weighted by molar-refractivity contribution is 9.10. The number of nitrogens with zero attached hydrogens (tertiary/aromatic N) is 4. The van der Waals surface area contributed by atoms with Gasteiger partial charge < -0.3 is 4.42 Å². The normalized spacial score (nSPS) is 10.8. The Morgan fingerprint density at radius 1 is 1.22 bits per heavy atom. The molecule has 90 valence electrons. The third-order valence-electron chi connectivity index (χ3n) is 2.31. The molecular formula is C11H7BrN4OS. The van der Waals surface area contributed by atoms with E-state index in [1.54, 1.807) is 23.7 Å². The Labute approximate surface area is 115 Å². The maximum atomic E-state index is 5.61. The number of hydrogen-bond donors (Lipinski definition) is 0. The van der Waals surface area contributed by atoms with Gasteiger partial charge in [0.05, 0.1) is 17.3 Å². The summed E-state index contributed by atoms with van der Waals surface area (Å²) in [4.78, 5) is 9.22. The molecular weight excluding hydrogens is 316 g/mol. The van der Waals surface area contributed by atoms with Crippen LogP contribution in [0.2, 0.25) is 0 Å². The van der Waals surface area contributed by atoms with Crippen LogP contribution in [0.5, 0.6) is 0 Å². The molecule has 5 nitrogen and oxygen atoms in total. The summed E-state index contributed by atoms with van der Waals surface area (Å²) in [6.45, 7) is 2.01. The molecule has 0 unspecified atom stereocenters. The Bertz CT molecular complexity index is 694. The van der Waals surface area contributed by atoms with Crippen LogP contribution in [0.15, 0.2) is 32.9 Å². The zero-order valence-electron chi connectivity index (χ0n) is 9.29. The lowest BCUT2D eigenvalue weighted by atomic mass is 10.3. The second-order valence-electron chi connectivity index (χ2n) is 3.57. The molecule has 18 heavy (non-hydrogen) atoms. The lowest BCUT2D eigenvalue weighted by molar-refractivity contribution is 0.582. The summed E-state index contributed by atoms with van der Waals surface area (Å²) in [5.74, 6) is 0.880. The molecule has 0 saturated heterocycles. The standard InChI is InChI=1S/C11H7BrN4OS/c1-6-2-3-18-9(6)11-16-15-10(17-11)7-4-13-5-8(12)14-7/h2-5H,1H3. The van der Waals surface area contributed by atoms with E-state index in [0.29, 0.717) is 22.1 Å². The summed E-state index contributed by atoms with van der Waals surface area (Å²) >= 11 is 4.83. The SMILES string of the molecule is Cc1ccsc1-c1nnc(-c2cncc(Br)n2)o1. The Kier molecular flexibility index (Phi) is 2.92. The molecule has 0 aliphatic carbocycles. The van der Waals surface area contributed by atoms with E-state index in [1.807, 2.05) is 18.4 Å². The van der Waals surface area contributed by atoms with Gasteiger partial charge in [-0.1, -0.05) is 0 Å². The number of hydrogen-bond acceptors (Lipinski definition) is 6. The molecule has 3 rings (SSSR count). The number of halogens is 1. The summed E-state index contributed by atoms with van der Waals surface area (Å²) in [5, 5.41) is 10.0. The predicted octanol–water partition coefficient (Wildman–Crippen LogP) is 3.33. The van der Waals surface area contributed by atoms with Crippen molar-refractivity contribution in [2.24, 2.45) is 0 Å². The van der Waals surface area contributed by atoms with Gasteiger partial charge in [-0.2, -0.15) is 0 Å². The van der Waals surface area contributed by atoms with Crippen LogP contribution in [0.25, 0.3) is 22.4 Å². The Morgan fingerprint density at radius 3 is 2.78 bits per heavy atom. The van der Waals surface area contributed by atoms with Crippen LogP contribution in [0.1, 0.15) is 5.56 Å². The molecule has 0 atom stereocenters. The van der Waals surface area contributed by atoms with Crippen LogP contribution in [0.3, 0.4) is 0 Å². The Morgan fingerprint density at radius 2 is 2.06 bits per heavy atom. The van der Waals surface area contributed by atoms with Crippen LogP contribution in [0.4, 0.5) is 0 Å². The maximum Gasteiger partial charge on any atom is 0.268 e. The largest absolute Gasteiger partial charge is 0.414 e. The summed E-state index contributed by atoms with van der Waals surface area (Å²) in [6.07, 6.45) is 3.19. The summed E-state index contributed by atoms with van der Waals surface area (Å²) in [7, 11) is 0. The first kappa shape index (κ1) is 11.5. The fraction of sp³-hybridized carbons (Fsp3) is 0.0909. The molecule has 3 aromatic heterocycles. The highest BCUT2D eigenvalue weighted by Gasteiger charge is 2.14. The van der Waals surface area contributed by atoms with Gasteiger partial charge in [0.15, 0.2) is 0 Å². The van der Waals surface area contributed by atoms with E-state index in [1.165, 1.54) is 0 Å². The average molecular weight is 323 g/mol. The highest BCUT2D eigenvalue weighted by Crippen LogP contribution is 2.29. The van der Waals surface area contributed by atoms with E-state index in [9.17, 15) is 0 Å². The van der Waals surface area contributed by atoms with Gasteiger partial charge in [0, 0.05) is 0 Å². The first-order valence-corrected chi connectivity index (χ1v) is 6.77. The predicted molar refractivity (Wildman–Crippen MR) is 71.1 cm³/mol. The fourth-order valence-corrected chi connectivity index (χ4v) is 2.61. The highest BCUT2D eigenvalue weighted by atomic mass is 79.9. The average Bonchev–Trinajstić information content (AvgIpc) is 2.97. The minimum Gasteiger partial charge on any atom is -0.414 e. The second kappa shape index (κ2) is 4.58. The third-order valence-corrected chi connectivity index (χ3v) is 3.69. The van der Waals surface area contributed by atoms with Crippen LogP contribution in [0, 0.1) is 6.92 Å². The molecule has 0 aliphatic rings. The van der Waals surface area contributed by atoms with Gasteiger partial charge in [-0.05, 0) is 39.9 Å². The van der Waals surface area contributed by atoms with Gasteiger partial charge in [-0.25, -0.2) is 4.98 Å². The van der Waals surface area contributed by atoms with Crippen LogP contribution in [-0.2, 0) is 0 Å². The minimum absolute atomic E-state index is 0.367. The van der Waals surface area contributed by atoms with Gasteiger partial charge in [-0.3, -0.25) is 4.98 Å². The molecule has 0 fully saturated rings. The van der Waals surface area contributed by atoms with E-state index in [0.717, 1.165) is 10.4 Å². The van der Waals surface area contributed by atoms with Gasteiger partial charge in [0.25, 0.3) is 11.8 Å². The van der Waals surface area contributed by atoms with Crippen LogP contribution < -0.4 is 0 Å². The first-order valence-electron chi connectivity index (χ1n) is 5.10. The number of aromatic nitrogens is 4. The lowest BCUT2D eigenvalue weighted by Crippen LogP contribution is -1.86. The fourth-order valence-electron chi connectivity index (χ4n) is 1.46. The van der Waals surface area contributed by atoms with E-state index in [4.69, 9.17) is 4.42 Å². The van der Waals surface area contributed by atoms with E-state index in [2.05, 4.69) is 36.1 Å². The van der Waals surface area contributed by atoms with Crippen molar-refractivity contribution >= 4 is 27.3 Å². The third kappa shape index (κ3) is 2.06. The van der Waals surface area contributed by atoms with E-state index in [-0.39, 0.29) is 0 Å². The van der Waals surface area contributed by atoms with Gasteiger partial charge in [-0.15, -0.1) is 21.5 Å². The molecule has 0 radical (unpaired) electrons. The van der Waals surface area contributed by atoms with Crippen molar-refractivity contribution in [1.29, 1.82) is 0 Å². The lowest BCUT2D eigenvalue weighted by Gasteiger charge is -1.93. The topological polar surface area (TPSA) is 64.7 Å². The Hall–Kier alpha value is -1.60. The molecule has 0 aliphatic heterocycles. The molecule has 3 aromatic rings. The summed E-state index contributed by atoms with van der Waals surface area (Å²) in [5.41, 5.74) is 1.67. The Balaban J connectivity index is 2.02. The van der Waals surface area contributed by atoms with E-state index >= 15 is 0 Å². The van der Waals surface area contributed by atoms with Crippen molar-refractivity contribution in [2.75, 3.05) is 0 Å². The number of thiophene rings is 1. The summed E-state index contributed by atoms with van der Waals surface area (Å²) < 4.78 is 6.25. The first-order chi connectivity index (χ1) is 8.74. The molecule has 0 spiro atoms. The van der Waals surface area contributed by atoms with Crippen molar-refractivity contribution in [1.82, 2.24) is 20.2 Å². The van der Waals surface area contributed by atoms with E-state index < -0.39 is 0 Å². The molecule has 7 heteroatoms. The molecule has 0 saturated carbocycles. The van der Waals surface area contributed by atoms with Crippen molar-refractivity contribution in [3.63, 3.8) is 0 Å². The minimum atomic E-state index is 0.367. The molecule has 0 N–H and O–H groups in total. The smallest absolute Gasteiger partial charge is 0.268 e. The zero-order valence-corrected chi connectivity index (χ0v) is 11.7. The van der Waals surface area contributed by atoms with Crippen molar-refractivity contribution in [3.05, 3.63) is 34.0 Å². The monoisotopic (exact) mass is 322 g/mol. The zero-order chi connectivity index (χ0) is 12.5. The molecule has 0 bridgehead atoms. The number of rotatable bonds is 2. The molecule has 0 amide bonds. The van der Waals surface area contributed by atoms with Crippen molar-refractivity contribution in [3.8, 4) is 22.4 Å². The quantitative estimate of drug-likeness (QED) is 0.724. The number of aryl methyl sites for hydroxylation is 1. The van der Waals surface area contributed by atoms with Gasteiger partial charge >= 0.3 is 0 Å². The van der Waals surface area contributed by atoms with Crippen LogP contribution >= 0.6 is 27.3 Å². The maximum absolute atomic E-state index is 5.61.